The van der Waals surface area contributed by atoms with Crippen LogP contribution in [0.25, 0.3) is 0 Å². The van der Waals surface area contributed by atoms with Gasteiger partial charge in [-0.05, 0) is 31.0 Å². The van der Waals surface area contributed by atoms with Crippen LogP contribution in [0.4, 0.5) is 13.2 Å². The molecule has 0 saturated heterocycles. The largest absolute Gasteiger partial charge is 0.491 e. The summed E-state index contributed by atoms with van der Waals surface area (Å²) in [5, 5.41) is 13.0. The molecule has 1 aromatic rings. The Kier molecular flexibility index (Phi) is 9.48. The Morgan fingerprint density at radius 3 is 2.65 bits per heavy atom. The van der Waals surface area contributed by atoms with Crippen molar-refractivity contribution < 1.29 is 23.0 Å². The predicted octanol–water partition coefficient (Wildman–Crippen LogP) is 3.30. The number of hydrogen-bond acceptors (Lipinski definition) is 3. The molecule has 1 unspecified atom stereocenters. The number of nitrogens with two attached hydrogens (primary N) is 1. The van der Waals surface area contributed by atoms with Crippen LogP contribution in [0.2, 0.25) is 0 Å². The van der Waals surface area contributed by atoms with E-state index >= 15 is 0 Å². The average Bonchev–Trinajstić information content (AvgIpc) is 2.58. The van der Waals surface area contributed by atoms with Gasteiger partial charge < -0.3 is 20.9 Å². The molecule has 26 heavy (non-hydrogen) atoms. The molecule has 5 nitrogen and oxygen atoms in total. The van der Waals surface area contributed by atoms with Gasteiger partial charge in [-0.1, -0.05) is 25.3 Å². The molecule has 0 heterocycles. The number of ether oxygens (including phenoxy) is 1. The minimum Gasteiger partial charge on any atom is -0.491 e. The van der Waals surface area contributed by atoms with Crippen molar-refractivity contribution in [1.82, 2.24) is 5.32 Å². The Hall–Kier alpha value is -1.23. The number of rotatable bonds is 6. The van der Waals surface area contributed by atoms with E-state index in [4.69, 9.17) is 10.5 Å². The fraction of sp³-hybridized carbons (Fsp3) is 0.588. The zero-order valence-corrected chi connectivity index (χ0v) is 16.7. The van der Waals surface area contributed by atoms with E-state index in [9.17, 15) is 18.3 Å². The van der Waals surface area contributed by atoms with Crippen molar-refractivity contribution in [2.75, 3.05) is 13.2 Å². The lowest BCUT2D eigenvalue weighted by molar-refractivity contribution is -0.137. The average molecular weight is 487 g/mol. The molecule has 0 bridgehead atoms. The normalized spacial score (nSPS) is 17.3. The highest BCUT2D eigenvalue weighted by Gasteiger charge is 2.30. The van der Waals surface area contributed by atoms with Crippen molar-refractivity contribution >= 4 is 29.9 Å². The molecule has 4 N–H and O–H groups in total. The lowest BCUT2D eigenvalue weighted by atomic mass is 9.96. The zero-order chi connectivity index (χ0) is 18.3. The van der Waals surface area contributed by atoms with E-state index in [2.05, 4.69) is 10.3 Å². The van der Waals surface area contributed by atoms with Gasteiger partial charge in [-0.2, -0.15) is 13.2 Å². The second-order valence-electron chi connectivity index (χ2n) is 6.20. The smallest absolute Gasteiger partial charge is 0.416 e. The standard InChI is InChI=1S/C17H24F3N3O2.HI/c18-17(19,20)12-5-4-8-15(9-12)25-11-14(24)10-22-16(21)23-13-6-2-1-3-7-13;/h4-5,8-9,13-14,24H,1-3,6-7,10-11H2,(H3,21,22,23);1H. The summed E-state index contributed by atoms with van der Waals surface area (Å²) in [5.74, 6) is 0.316. The van der Waals surface area contributed by atoms with Crippen LogP contribution in [-0.2, 0) is 6.18 Å². The summed E-state index contributed by atoms with van der Waals surface area (Å²) in [4.78, 5) is 4.06. The van der Waals surface area contributed by atoms with Gasteiger partial charge in [-0.25, -0.2) is 0 Å². The molecule has 1 aliphatic carbocycles. The molecule has 1 atom stereocenters. The topological polar surface area (TPSA) is 79.9 Å². The van der Waals surface area contributed by atoms with Gasteiger partial charge in [-0.3, -0.25) is 4.99 Å². The molecule has 9 heteroatoms. The van der Waals surface area contributed by atoms with Gasteiger partial charge in [0.15, 0.2) is 5.96 Å². The van der Waals surface area contributed by atoms with E-state index in [1.165, 1.54) is 31.4 Å². The summed E-state index contributed by atoms with van der Waals surface area (Å²) in [7, 11) is 0. The van der Waals surface area contributed by atoms with E-state index < -0.39 is 17.8 Å². The number of guanidine groups is 1. The SMILES string of the molecule is I.NC(=NCC(O)COc1cccc(C(F)(F)F)c1)NC1CCCCC1. The molecule has 2 rings (SSSR count). The van der Waals surface area contributed by atoms with Crippen molar-refractivity contribution in [3.05, 3.63) is 29.8 Å². The highest BCUT2D eigenvalue weighted by molar-refractivity contribution is 14.0. The fourth-order valence-corrected chi connectivity index (χ4v) is 2.71. The Balaban J connectivity index is 0.00000338. The summed E-state index contributed by atoms with van der Waals surface area (Å²) >= 11 is 0. The highest BCUT2D eigenvalue weighted by atomic mass is 127. The molecule has 1 fully saturated rings. The number of aliphatic hydroxyl groups is 1. The van der Waals surface area contributed by atoms with Gasteiger partial charge in [0.25, 0.3) is 0 Å². The number of nitrogens with zero attached hydrogens (tertiary/aromatic N) is 1. The van der Waals surface area contributed by atoms with Gasteiger partial charge in [0.1, 0.15) is 18.5 Å². The molecule has 0 radical (unpaired) electrons. The first-order valence-electron chi connectivity index (χ1n) is 8.39. The van der Waals surface area contributed by atoms with Gasteiger partial charge in [0.05, 0.1) is 12.1 Å². The third kappa shape index (κ3) is 7.98. The van der Waals surface area contributed by atoms with E-state index in [1.54, 1.807) is 0 Å². The number of benzene rings is 1. The van der Waals surface area contributed by atoms with Crippen LogP contribution in [0, 0.1) is 0 Å². The van der Waals surface area contributed by atoms with Gasteiger partial charge >= 0.3 is 6.18 Å². The van der Waals surface area contributed by atoms with Crippen LogP contribution < -0.4 is 15.8 Å². The van der Waals surface area contributed by atoms with Gasteiger partial charge in [0, 0.05) is 6.04 Å². The lowest BCUT2D eigenvalue weighted by Crippen LogP contribution is -2.41. The molecule has 1 aliphatic rings. The van der Waals surface area contributed by atoms with Gasteiger partial charge in [0.2, 0.25) is 0 Å². The Bertz CT molecular complexity index is 579. The molecule has 0 spiro atoms. The number of nitrogens with one attached hydrogen (secondary N) is 1. The monoisotopic (exact) mass is 487 g/mol. The summed E-state index contributed by atoms with van der Waals surface area (Å²) < 4.78 is 43.1. The molecule has 148 valence electrons. The number of halogens is 4. The summed E-state index contributed by atoms with van der Waals surface area (Å²) in [5.41, 5.74) is 5.00. The molecule has 0 aromatic heterocycles. The Morgan fingerprint density at radius 2 is 2.00 bits per heavy atom. The number of hydrogen-bond donors (Lipinski definition) is 3. The summed E-state index contributed by atoms with van der Waals surface area (Å²) in [6.07, 6.45) is 0.287. The van der Waals surface area contributed by atoms with Crippen LogP contribution in [0.15, 0.2) is 29.3 Å². The van der Waals surface area contributed by atoms with Crippen molar-refractivity contribution in [3.8, 4) is 5.75 Å². The van der Waals surface area contributed by atoms with Crippen molar-refractivity contribution in [1.29, 1.82) is 0 Å². The minimum atomic E-state index is -4.43. The minimum absolute atomic E-state index is 0. The molecule has 0 amide bonds. The highest BCUT2D eigenvalue weighted by Crippen LogP contribution is 2.31. The first kappa shape index (κ1) is 22.8. The van der Waals surface area contributed by atoms with Crippen LogP contribution >= 0.6 is 24.0 Å². The third-order valence-corrected chi connectivity index (χ3v) is 4.03. The second kappa shape index (κ2) is 10.8. The maximum atomic E-state index is 12.6. The molecular weight excluding hydrogens is 462 g/mol. The second-order valence-corrected chi connectivity index (χ2v) is 6.20. The number of alkyl halides is 3. The van der Waals surface area contributed by atoms with Crippen LogP contribution in [0.1, 0.15) is 37.7 Å². The van der Waals surface area contributed by atoms with E-state index in [-0.39, 0.29) is 48.8 Å². The van der Waals surface area contributed by atoms with E-state index in [1.807, 2.05) is 0 Å². The van der Waals surface area contributed by atoms with Crippen molar-refractivity contribution in [3.63, 3.8) is 0 Å². The van der Waals surface area contributed by atoms with E-state index in [0.29, 0.717) is 6.04 Å². The Labute approximate surface area is 168 Å². The zero-order valence-electron chi connectivity index (χ0n) is 14.3. The molecule has 1 saturated carbocycles. The van der Waals surface area contributed by atoms with Crippen molar-refractivity contribution in [2.24, 2.45) is 10.7 Å². The lowest BCUT2D eigenvalue weighted by Gasteiger charge is -2.23. The fourth-order valence-electron chi connectivity index (χ4n) is 2.71. The molecule has 1 aromatic carbocycles. The maximum absolute atomic E-state index is 12.6. The van der Waals surface area contributed by atoms with Crippen LogP contribution in [0.3, 0.4) is 0 Å². The number of aliphatic imine (C=N–C) groups is 1. The van der Waals surface area contributed by atoms with Crippen LogP contribution in [-0.4, -0.2) is 36.4 Å². The Morgan fingerprint density at radius 1 is 1.31 bits per heavy atom. The first-order chi connectivity index (χ1) is 11.8. The van der Waals surface area contributed by atoms with E-state index in [0.717, 1.165) is 25.0 Å². The van der Waals surface area contributed by atoms with Crippen molar-refractivity contribution in [2.45, 2.75) is 50.4 Å². The third-order valence-electron chi connectivity index (χ3n) is 4.03. The number of aliphatic hydroxyl groups excluding tert-OH is 1. The first-order valence-corrected chi connectivity index (χ1v) is 8.39. The molecular formula is C17H25F3IN3O2. The molecule has 0 aliphatic heterocycles. The predicted molar refractivity (Wildman–Crippen MR) is 105 cm³/mol. The summed E-state index contributed by atoms with van der Waals surface area (Å²) in [6, 6.07) is 4.84. The summed E-state index contributed by atoms with van der Waals surface area (Å²) in [6.45, 7) is -0.147. The van der Waals surface area contributed by atoms with Gasteiger partial charge in [-0.15, -0.1) is 24.0 Å². The quantitative estimate of drug-likeness (QED) is 0.327. The maximum Gasteiger partial charge on any atom is 0.416 e. The van der Waals surface area contributed by atoms with Crippen LogP contribution in [0.5, 0.6) is 5.75 Å².